The highest BCUT2D eigenvalue weighted by Gasteiger charge is 2.43. The van der Waals surface area contributed by atoms with Crippen LogP contribution in [0.3, 0.4) is 0 Å². The lowest BCUT2D eigenvalue weighted by molar-refractivity contribution is -0.145. The number of oxime groups is 1. The van der Waals surface area contributed by atoms with Gasteiger partial charge in [0.25, 0.3) is 5.91 Å². The minimum absolute atomic E-state index is 0.237. The molecule has 0 bridgehead atoms. The number of carbonyl (C=O) groups is 3. The van der Waals surface area contributed by atoms with Gasteiger partial charge in [0.1, 0.15) is 0 Å². The van der Waals surface area contributed by atoms with Gasteiger partial charge in [0.2, 0.25) is 5.60 Å². The van der Waals surface area contributed by atoms with Crippen LogP contribution in [0.25, 0.3) is 0 Å². The molecule has 0 radical (unpaired) electrons. The quantitative estimate of drug-likeness (QED) is 0.817. The van der Waals surface area contributed by atoms with E-state index in [1.807, 2.05) is 30.3 Å². The van der Waals surface area contributed by atoms with Crippen molar-refractivity contribution >= 4 is 23.4 Å². The molecule has 122 valence electrons. The van der Waals surface area contributed by atoms with E-state index in [0.29, 0.717) is 5.71 Å². The van der Waals surface area contributed by atoms with Crippen LogP contribution >= 0.6 is 0 Å². The number of Topliss-reactive ketones (excluding diaryl/α,β-unsaturated/α-hetero) is 1. The van der Waals surface area contributed by atoms with Gasteiger partial charge in [-0.15, -0.1) is 0 Å². The molecule has 1 aromatic carbocycles. The Kier molecular flexibility index (Phi) is 4.78. The summed E-state index contributed by atoms with van der Waals surface area (Å²) in [5, 5.41) is 15.2. The van der Waals surface area contributed by atoms with Gasteiger partial charge in [-0.2, -0.15) is 0 Å². The number of carboxylic acid groups (broad SMARTS) is 1. The summed E-state index contributed by atoms with van der Waals surface area (Å²) >= 11 is 0. The van der Waals surface area contributed by atoms with Crippen molar-refractivity contribution in [2.24, 2.45) is 5.16 Å². The summed E-state index contributed by atoms with van der Waals surface area (Å²) in [6, 6.07) is 8.21. The Bertz CT molecular complexity index is 656. The first-order chi connectivity index (χ1) is 10.8. The molecule has 2 rings (SSSR count). The number of amides is 1. The topological polar surface area (TPSA) is 105 Å². The van der Waals surface area contributed by atoms with Crippen LogP contribution < -0.4 is 5.32 Å². The number of nitrogens with one attached hydrogen (secondary N) is 1. The molecule has 7 nitrogen and oxygen atoms in total. The van der Waals surface area contributed by atoms with E-state index in [9.17, 15) is 14.4 Å². The first kappa shape index (κ1) is 16.7. The van der Waals surface area contributed by atoms with E-state index >= 15 is 0 Å². The fraction of sp³-hybridized carbons (Fsp3) is 0.375. The van der Waals surface area contributed by atoms with E-state index in [1.165, 1.54) is 6.92 Å². The van der Waals surface area contributed by atoms with Gasteiger partial charge in [-0.3, -0.25) is 14.4 Å². The Hall–Kier alpha value is -2.70. The summed E-state index contributed by atoms with van der Waals surface area (Å²) in [7, 11) is 0. The summed E-state index contributed by atoms with van der Waals surface area (Å²) in [5.74, 6) is -2.15. The number of benzene rings is 1. The van der Waals surface area contributed by atoms with E-state index in [0.717, 1.165) is 5.56 Å². The number of carboxylic acids is 1. The third-order valence-corrected chi connectivity index (χ3v) is 3.62. The molecule has 1 heterocycles. The Morgan fingerprint density at radius 1 is 1.35 bits per heavy atom. The van der Waals surface area contributed by atoms with Crippen molar-refractivity contribution in [2.45, 2.75) is 38.3 Å². The Balaban J connectivity index is 2.05. The number of nitrogens with zero attached hydrogens (tertiary/aromatic N) is 1. The van der Waals surface area contributed by atoms with Gasteiger partial charge in [0.05, 0.1) is 18.2 Å². The van der Waals surface area contributed by atoms with Crippen molar-refractivity contribution in [3.05, 3.63) is 35.9 Å². The average molecular weight is 318 g/mol. The largest absolute Gasteiger partial charge is 0.481 e. The highest BCUT2D eigenvalue weighted by Crippen LogP contribution is 2.27. The molecule has 1 aromatic rings. The Labute approximate surface area is 133 Å². The van der Waals surface area contributed by atoms with Crippen molar-refractivity contribution in [1.29, 1.82) is 0 Å². The van der Waals surface area contributed by atoms with Crippen molar-refractivity contribution in [2.75, 3.05) is 0 Å². The van der Waals surface area contributed by atoms with E-state index in [1.54, 1.807) is 6.92 Å². The van der Waals surface area contributed by atoms with Crippen LogP contribution in [-0.2, 0) is 19.2 Å². The van der Waals surface area contributed by atoms with Gasteiger partial charge < -0.3 is 15.3 Å². The molecule has 0 fully saturated rings. The van der Waals surface area contributed by atoms with Crippen molar-refractivity contribution in [3.63, 3.8) is 0 Å². The minimum atomic E-state index is -1.27. The molecule has 0 saturated carbocycles. The first-order valence-corrected chi connectivity index (χ1v) is 7.15. The van der Waals surface area contributed by atoms with E-state index < -0.39 is 35.7 Å². The van der Waals surface area contributed by atoms with Gasteiger partial charge in [-0.25, -0.2) is 0 Å². The van der Waals surface area contributed by atoms with Crippen molar-refractivity contribution in [3.8, 4) is 0 Å². The first-order valence-electron chi connectivity index (χ1n) is 7.15. The van der Waals surface area contributed by atoms with E-state index in [2.05, 4.69) is 10.5 Å². The number of ketones is 1. The zero-order valence-corrected chi connectivity index (χ0v) is 12.9. The fourth-order valence-corrected chi connectivity index (χ4v) is 2.23. The van der Waals surface area contributed by atoms with Gasteiger partial charge in [0.15, 0.2) is 5.78 Å². The molecule has 0 spiro atoms. The maximum Gasteiger partial charge on any atom is 0.305 e. The minimum Gasteiger partial charge on any atom is -0.481 e. The molecular formula is C16H18N2O5. The highest BCUT2D eigenvalue weighted by molar-refractivity contribution is 6.05. The molecule has 7 heteroatoms. The molecule has 1 aliphatic heterocycles. The smallest absolute Gasteiger partial charge is 0.305 e. The molecule has 23 heavy (non-hydrogen) atoms. The van der Waals surface area contributed by atoms with E-state index in [4.69, 9.17) is 9.94 Å². The molecule has 2 N–H and O–H groups in total. The number of hydrogen-bond donors (Lipinski definition) is 2. The zero-order chi connectivity index (χ0) is 17.0. The van der Waals surface area contributed by atoms with E-state index in [-0.39, 0.29) is 6.42 Å². The van der Waals surface area contributed by atoms with Crippen LogP contribution in [0.15, 0.2) is 35.5 Å². The summed E-state index contributed by atoms with van der Waals surface area (Å²) in [6.07, 6.45) is -0.232. The third kappa shape index (κ3) is 3.94. The lowest BCUT2D eigenvalue weighted by atomic mass is 9.94. The van der Waals surface area contributed by atoms with Crippen LogP contribution in [0, 0.1) is 0 Å². The number of carbonyl (C=O) groups excluding carboxylic acids is 2. The lowest BCUT2D eigenvalue weighted by Crippen LogP contribution is -2.51. The third-order valence-electron chi connectivity index (χ3n) is 3.62. The summed E-state index contributed by atoms with van der Waals surface area (Å²) < 4.78 is 0. The predicted octanol–water partition coefficient (Wildman–Crippen LogP) is 1.12. The van der Waals surface area contributed by atoms with Crippen molar-refractivity contribution < 1.29 is 24.3 Å². The molecule has 1 aliphatic rings. The SMILES string of the molecule is CC(=O)C(CC(=O)O)NC(=O)C1(C)CC(c2ccccc2)=NO1. The number of hydrogen-bond acceptors (Lipinski definition) is 5. The summed E-state index contributed by atoms with van der Waals surface area (Å²) in [6.45, 7) is 2.79. The Morgan fingerprint density at radius 3 is 2.57 bits per heavy atom. The van der Waals surface area contributed by atoms with Crippen LogP contribution in [0.1, 0.15) is 32.3 Å². The molecule has 2 atom stereocenters. The molecule has 0 aliphatic carbocycles. The second kappa shape index (κ2) is 6.60. The van der Waals surface area contributed by atoms with Crippen LogP contribution in [0.2, 0.25) is 0 Å². The standard InChI is InChI=1S/C16H18N2O5/c1-10(19)12(8-14(20)21)17-15(22)16(2)9-13(18-23-16)11-6-4-3-5-7-11/h3-7,12H,8-9H2,1-2H3,(H,17,22)(H,20,21). The molecule has 1 amide bonds. The van der Waals surface area contributed by atoms with Crippen LogP contribution in [0.5, 0.6) is 0 Å². The lowest BCUT2D eigenvalue weighted by Gasteiger charge is -2.23. The van der Waals surface area contributed by atoms with Gasteiger partial charge >= 0.3 is 5.97 Å². The second-order valence-electron chi connectivity index (χ2n) is 5.64. The fourth-order valence-electron chi connectivity index (χ4n) is 2.23. The Morgan fingerprint density at radius 2 is 2.00 bits per heavy atom. The highest BCUT2D eigenvalue weighted by atomic mass is 16.7. The van der Waals surface area contributed by atoms with Crippen molar-refractivity contribution in [1.82, 2.24) is 5.32 Å². The second-order valence-corrected chi connectivity index (χ2v) is 5.64. The zero-order valence-electron chi connectivity index (χ0n) is 12.9. The molecule has 0 saturated heterocycles. The maximum atomic E-state index is 12.4. The average Bonchev–Trinajstić information content (AvgIpc) is 2.91. The molecular weight excluding hydrogens is 300 g/mol. The number of aliphatic carboxylic acids is 1. The monoisotopic (exact) mass is 318 g/mol. The van der Waals surface area contributed by atoms with Gasteiger partial charge in [-0.1, -0.05) is 35.5 Å². The van der Waals surface area contributed by atoms with Crippen LogP contribution in [0.4, 0.5) is 0 Å². The maximum absolute atomic E-state index is 12.4. The van der Waals surface area contributed by atoms with Crippen LogP contribution in [-0.4, -0.2) is 40.1 Å². The molecule has 2 unspecified atom stereocenters. The summed E-state index contributed by atoms with van der Waals surface area (Å²) in [5.41, 5.74) is 0.204. The number of rotatable bonds is 6. The predicted molar refractivity (Wildman–Crippen MR) is 82.0 cm³/mol. The normalized spacial score (nSPS) is 21.0. The van der Waals surface area contributed by atoms with Gasteiger partial charge in [-0.05, 0) is 19.4 Å². The molecule has 0 aromatic heterocycles. The van der Waals surface area contributed by atoms with Gasteiger partial charge in [0, 0.05) is 6.42 Å². The summed E-state index contributed by atoms with van der Waals surface area (Å²) in [4.78, 5) is 39.9.